The van der Waals surface area contributed by atoms with Gasteiger partial charge in [-0.1, -0.05) is 6.57 Å². The zero-order chi connectivity index (χ0) is 15.7. The lowest BCUT2D eigenvalue weighted by Crippen LogP contribution is -1.94. The van der Waals surface area contributed by atoms with Crippen molar-refractivity contribution >= 4 is 22.5 Å². The van der Waals surface area contributed by atoms with Crippen molar-refractivity contribution in [2.24, 2.45) is 7.05 Å². The molecule has 0 unspecified atom stereocenters. The lowest BCUT2D eigenvalue weighted by Gasteiger charge is -2.10. The van der Waals surface area contributed by atoms with Gasteiger partial charge in [0.15, 0.2) is 11.9 Å². The molecular formula is C16H15N5O. The minimum atomic E-state index is 0.364. The van der Waals surface area contributed by atoms with Crippen LogP contribution in [-0.4, -0.2) is 21.6 Å². The summed E-state index contributed by atoms with van der Waals surface area (Å²) in [5, 5.41) is 3.13. The highest BCUT2D eigenvalue weighted by Gasteiger charge is 2.11. The summed E-state index contributed by atoms with van der Waals surface area (Å²) < 4.78 is 7.88. The van der Waals surface area contributed by atoms with Gasteiger partial charge < -0.3 is 19.5 Å². The van der Waals surface area contributed by atoms with Crippen LogP contribution in [0, 0.1) is 13.5 Å². The average Bonchev–Trinajstić information content (AvgIpc) is 2.90. The third-order valence-corrected chi connectivity index (χ3v) is 3.46. The van der Waals surface area contributed by atoms with Gasteiger partial charge >= 0.3 is 0 Å². The van der Waals surface area contributed by atoms with E-state index in [-0.39, 0.29) is 0 Å². The second kappa shape index (κ2) is 5.37. The Bertz CT molecular complexity index is 891. The molecular weight excluding hydrogens is 278 g/mol. The van der Waals surface area contributed by atoms with E-state index in [0.29, 0.717) is 17.3 Å². The first-order chi connectivity index (χ1) is 10.6. The van der Waals surface area contributed by atoms with Crippen LogP contribution in [-0.2, 0) is 7.05 Å². The Labute approximate surface area is 128 Å². The highest BCUT2D eigenvalue weighted by atomic mass is 16.5. The van der Waals surface area contributed by atoms with Crippen LogP contribution in [0.1, 0.15) is 5.56 Å². The number of nitrogens with one attached hydrogen (secondary N) is 1. The Hall–Kier alpha value is -3.07. The van der Waals surface area contributed by atoms with Gasteiger partial charge in [-0.3, -0.25) is 0 Å². The van der Waals surface area contributed by atoms with E-state index in [0.717, 1.165) is 22.3 Å². The number of imidazole rings is 1. The molecule has 1 aromatic carbocycles. The van der Waals surface area contributed by atoms with Gasteiger partial charge in [-0.2, -0.15) is 0 Å². The topological polar surface area (TPSA) is 56.3 Å². The quantitative estimate of drug-likeness (QED) is 0.749. The van der Waals surface area contributed by atoms with E-state index in [9.17, 15) is 0 Å². The Morgan fingerprint density at radius 1 is 1.27 bits per heavy atom. The molecule has 0 spiro atoms. The molecule has 0 aliphatic carbocycles. The van der Waals surface area contributed by atoms with Crippen molar-refractivity contribution in [1.82, 2.24) is 14.5 Å². The molecule has 110 valence electrons. The van der Waals surface area contributed by atoms with Crippen LogP contribution < -0.4 is 10.1 Å². The minimum absolute atomic E-state index is 0.364. The van der Waals surface area contributed by atoms with Crippen molar-refractivity contribution in [3.8, 4) is 11.5 Å². The lowest BCUT2D eigenvalue weighted by atomic mass is 10.2. The smallest absolute Gasteiger partial charge is 0.269 e. The van der Waals surface area contributed by atoms with Gasteiger partial charge in [-0.15, -0.1) is 4.98 Å². The number of rotatable bonds is 3. The Kier molecular flexibility index (Phi) is 3.39. The van der Waals surface area contributed by atoms with Crippen molar-refractivity contribution in [2.75, 3.05) is 12.4 Å². The molecule has 0 aliphatic rings. The van der Waals surface area contributed by atoms with Crippen LogP contribution in [0.2, 0.25) is 0 Å². The van der Waals surface area contributed by atoms with E-state index in [1.54, 1.807) is 18.6 Å². The second-order valence-corrected chi connectivity index (χ2v) is 4.97. The van der Waals surface area contributed by atoms with Crippen LogP contribution in [0.4, 0.5) is 11.5 Å². The molecule has 0 bridgehead atoms. The monoisotopic (exact) mass is 293 g/mol. The fraction of sp³-hybridized carbons (Fsp3) is 0.188. The maximum Gasteiger partial charge on any atom is 0.269 e. The largest absolute Gasteiger partial charge is 0.453 e. The fourth-order valence-corrected chi connectivity index (χ4v) is 2.28. The van der Waals surface area contributed by atoms with E-state index in [1.807, 2.05) is 37.7 Å². The summed E-state index contributed by atoms with van der Waals surface area (Å²) >= 11 is 0. The molecule has 3 rings (SSSR count). The molecule has 6 nitrogen and oxygen atoms in total. The van der Waals surface area contributed by atoms with Crippen molar-refractivity contribution in [1.29, 1.82) is 0 Å². The number of benzene rings is 1. The number of hydrogen-bond donors (Lipinski definition) is 1. The van der Waals surface area contributed by atoms with Crippen LogP contribution in [0.5, 0.6) is 11.5 Å². The number of aromatic nitrogens is 3. The molecule has 6 heteroatoms. The number of anilines is 1. The van der Waals surface area contributed by atoms with Gasteiger partial charge in [-0.25, -0.2) is 4.98 Å². The summed E-state index contributed by atoms with van der Waals surface area (Å²) in [7, 11) is 3.79. The fourth-order valence-electron chi connectivity index (χ4n) is 2.28. The number of aryl methyl sites for hydroxylation is 2. The van der Waals surface area contributed by atoms with E-state index >= 15 is 0 Å². The molecule has 0 saturated carbocycles. The number of ether oxygens (including phenoxy) is 1. The van der Waals surface area contributed by atoms with E-state index in [1.165, 1.54) is 0 Å². The number of nitrogens with zero attached hydrogens (tertiary/aromatic N) is 4. The van der Waals surface area contributed by atoms with Gasteiger partial charge in [0, 0.05) is 26.2 Å². The molecule has 3 aromatic rings. The molecule has 0 aliphatic heterocycles. The Morgan fingerprint density at radius 2 is 2.09 bits per heavy atom. The summed E-state index contributed by atoms with van der Waals surface area (Å²) in [5.74, 6) is 1.69. The van der Waals surface area contributed by atoms with Gasteiger partial charge in [-0.05, 0) is 18.6 Å². The van der Waals surface area contributed by atoms with E-state index < -0.39 is 0 Å². The predicted molar refractivity (Wildman–Crippen MR) is 85.6 cm³/mol. The first kappa shape index (κ1) is 13.9. The Morgan fingerprint density at radius 3 is 2.77 bits per heavy atom. The SMILES string of the molecule is [C-]#[N+]c1cc(C)c(Oc2cc(NC)c3ncn(C)c3c2)cn1. The van der Waals surface area contributed by atoms with Crippen LogP contribution in [0.15, 0.2) is 30.7 Å². The first-order valence-corrected chi connectivity index (χ1v) is 6.77. The van der Waals surface area contributed by atoms with E-state index in [4.69, 9.17) is 11.3 Å². The molecule has 1 N–H and O–H groups in total. The number of hydrogen-bond acceptors (Lipinski definition) is 4. The van der Waals surface area contributed by atoms with Gasteiger partial charge in [0.2, 0.25) is 0 Å². The predicted octanol–water partition coefficient (Wildman–Crippen LogP) is 3.66. The number of fused-ring (bicyclic) bond motifs is 1. The molecule has 0 fully saturated rings. The molecule has 22 heavy (non-hydrogen) atoms. The van der Waals surface area contributed by atoms with Gasteiger partial charge in [0.05, 0.1) is 17.5 Å². The van der Waals surface area contributed by atoms with Crippen LogP contribution in [0.25, 0.3) is 15.9 Å². The molecule has 2 heterocycles. The first-order valence-electron chi connectivity index (χ1n) is 6.77. The molecule has 0 saturated heterocycles. The second-order valence-electron chi connectivity index (χ2n) is 4.97. The summed E-state index contributed by atoms with van der Waals surface area (Å²) in [4.78, 5) is 11.7. The van der Waals surface area contributed by atoms with Crippen molar-refractivity contribution in [2.45, 2.75) is 6.92 Å². The van der Waals surface area contributed by atoms with Gasteiger partial charge in [0.25, 0.3) is 5.82 Å². The summed E-state index contributed by atoms with van der Waals surface area (Å²) in [6, 6.07) is 5.55. The lowest BCUT2D eigenvalue weighted by molar-refractivity contribution is 0.477. The standard InChI is InChI=1S/C16H15N5O/c1-10-5-15(18-3)19-8-14(10)22-11-6-12(17-2)16-13(7-11)21(4)9-20-16/h5-9,17H,1-2,4H3. The highest BCUT2D eigenvalue weighted by molar-refractivity contribution is 5.90. The third-order valence-electron chi connectivity index (χ3n) is 3.46. The zero-order valence-electron chi connectivity index (χ0n) is 12.6. The average molecular weight is 293 g/mol. The van der Waals surface area contributed by atoms with Crippen molar-refractivity contribution in [3.63, 3.8) is 0 Å². The molecule has 0 atom stereocenters. The van der Waals surface area contributed by atoms with Crippen LogP contribution >= 0.6 is 0 Å². The zero-order valence-corrected chi connectivity index (χ0v) is 12.6. The molecule has 0 amide bonds. The summed E-state index contributed by atoms with van der Waals surface area (Å²) in [5.41, 5.74) is 3.65. The normalized spacial score (nSPS) is 10.5. The molecule has 2 aromatic heterocycles. The van der Waals surface area contributed by atoms with E-state index in [2.05, 4.69) is 20.1 Å². The third kappa shape index (κ3) is 2.33. The minimum Gasteiger partial charge on any atom is -0.453 e. The maximum absolute atomic E-state index is 6.98. The maximum atomic E-state index is 6.98. The van der Waals surface area contributed by atoms with Gasteiger partial charge in [0.1, 0.15) is 11.3 Å². The van der Waals surface area contributed by atoms with Crippen LogP contribution in [0.3, 0.4) is 0 Å². The number of pyridine rings is 1. The molecule has 0 radical (unpaired) electrons. The highest BCUT2D eigenvalue weighted by Crippen LogP contribution is 2.32. The Balaban J connectivity index is 2.04. The summed E-state index contributed by atoms with van der Waals surface area (Å²) in [6.07, 6.45) is 3.35. The van der Waals surface area contributed by atoms with Crippen molar-refractivity contribution in [3.05, 3.63) is 47.7 Å². The van der Waals surface area contributed by atoms with Crippen molar-refractivity contribution < 1.29 is 4.74 Å². The summed E-state index contributed by atoms with van der Waals surface area (Å²) in [6.45, 7) is 8.88.